The minimum Gasteiger partial charge on any atom is -0.376 e. The van der Waals surface area contributed by atoms with Crippen molar-refractivity contribution in [2.45, 2.75) is 32.0 Å². The minimum atomic E-state index is -0.0553. The van der Waals surface area contributed by atoms with Crippen molar-refractivity contribution in [3.63, 3.8) is 0 Å². The predicted molar refractivity (Wildman–Crippen MR) is 97.4 cm³/mol. The van der Waals surface area contributed by atoms with Gasteiger partial charge in [0.1, 0.15) is 10.7 Å². The van der Waals surface area contributed by atoms with Gasteiger partial charge in [-0.15, -0.1) is 23.7 Å². The zero-order chi connectivity index (χ0) is 16.1. The second-order valence-electron chi connectivity index (χ2n) is 5.64. The molecular formula is C17H22ClN3O2S. The highest BCUT2D eigenvalue weighted by Crippen LogP contribution is 2.18. The number of carbonyl (C=O) groups excluding carboxylic acids is 1. The topological polar surface area (TPSA) is 68.5 Å². The molecule has 1 aliphatic heterocycles. The van der Waals surface area contributed by atoms with E-state index in [1.165, 1.54) is 11.3 Å². The molecule has 2 heterocycles. The molecule has 2 N–H and O–H groups in total. The lowest BCUT2D eigenvalue weighted by Gasteiger charge is -2.25. The van der Waals surface area contributed by atoms with Crippen LogP contribution in [0.15, 0.2) is 35.7 Å². The molecule has 0 spiro atoms. The summed E-state index contributed by atoms with van der Waals surface area (Å²) in [5.41, 5.74) is 7.18. The van der Waals surface area contributed by atoms with Gasteiger partial charge in [0, 0.05) is 31.6 Å². The lowest BCUT2D eigenvalue weighted by molar-refractivity contribution is 0.0503. The zero-order valence-corrected chi connectivity index (χ0v) is 15.0. The largest absolute Gasteiger partial charge is 0.376 e. The molecule has 1 amide bonds. The van der Waals surface area contributed by atoms with E-state index in [0.29, 0.717) is 25.3 Å². The fourth-order valence-electron chi connectivity index (χ4n) is 2.72. The highest BCUT2D eigenvalue weighted by molar-refractivity contribution is 7.09. The molecule has 24 heavy (non-hydrogen) atoms. The molecule has 1 unspecified atom stereocenters. The highest BCUT2D eigenvalue weighted by Gasteiger charge is 2.25. The standard InChI is InChI=1S/C17H21N3O2S.ClH/c18-9-16-19-15(12-23-16)17(21)20(11-14-7-4-8-22-14)10-13-5-2-1-3-6-13;/h1-3,5-6,12,14H,4,7-11,18H2;1H. The number of nitrogens with zero attached hydrogens (tertiary/aromatic N) is 2. The fraction of sp³-hybridized carbons (Fsp3) is 0.412. The van der Waals surface area contributed by atoms with Crippen LogP contribution in [0.25, 0.3) is 0 Å². The number of thiazole rings is 1. The average molecular weight is 368 g/mol. The van der Waals surface area contributed by atoms with Crippen molar-refractivity contribution in [1.29, 1.82) is 0 Å². The average Bonchev–Trinajstić information content (AvgIpc) is 3.26. The Balaban J connectivity index is 0.00000208. The van der Waals surface area contributed by atoms with Gasteiger partial charge in [-0.3, -0.25) is 4.79 Å². The number of halogens is 1. The molecule has 0 radical (unpaired) electrons. The molecule has 0 bridgehead atoms. The summed E-state index contributed by atoms with van der Waals surface area (Å²) in [5.74, 6) is -0.0553. The molecule has 5 nitrogen and oxygen atoms in total. The maximum atomic E-state index is 12.8. The van der Waals surface area contributed by atoms with Gasteiger partial charge in [0.2, 0.25) is 0 Å². The maximum absolute atomic E-state index is 12.8. The smallest absolute Gasteiger partial charge is 0.273 e. The third kappa shape index (κ3) is 4.77. The number of benzene rings is 1. The lowest BCUT2D eigenvalue weighted by Crippen LogP contribution is -2.37. The van der Waals surface area contributed by atoms with Crippen LogP contribution in [0, 0.1) is 0 Å². The second-order valence-corrected chi connectivity index (χ2v) is 6.58. The van der Waals surface area contributed by atoms with Gasteiger partial charge in [0.25, 0.3) is 5.91 Å². The highest BCUT2D eigenvalue weighted by atomic mass is 35.5. The van der Waals surface area contributed by atoms with Crippen molar-refractivity contribution in [3.05, 3.63) is 52.0 Å². The maximum Gasteiger partial charge on any atom is 0.273 e. The molecule has 1 aromatic heterocycles. The van der Waals surface area contributed by atoms with E-state index in [0.717, 1.165) is 30.0 Å². The molecule has 1 fully saturated rings. The number of ether oxygens (including phenoxy) is 1. The minimum absolute atomic E-state index is 0. The number of rotatable bonds is 6. The van der Waals surface area contributed by atoms with Crippen LogP contribution in [0.4, 0.5) is 0 Å². The molecule has 1 aromatic carbocycles. The SMILES string of the molecule is Cl.NCc1nc(C(=O)N(Cc2ccccc2)CC2CCCO2)cs1. The molecule has 130 valence electrons. The van der Waals surface area contributed by atoms with E-state index in [1.807, 2.05) is 35.2 Å². The number of nitrogens with two attached hydrogens (primary N) is 1. The summed E-state index contributed by atoms with van der Waals surface area (Å²) >= 11 is 1.43. The van der Waals surface area contributed by atoms with E-state index >= 15 is 0 Å². The van der Waals surface area contributed by atoms with Crippen LogP contribution in [-0.2, 0) is 17.8 Å². The van der Waals surface area contributed by atoms with Crippen LogP contribution < -0.4 is 5.73 Å². The van der Waals surface area contributed by atoms with E-state index in [9.17, 15) is 4.79 Å². The first-order chi connectivity index (χ1) is 11.3. The van der Waals surface area contributed by atoms with E-state index in [4.69, 9.17) is 10.5 Å². The van der Waals surface area contributed by atoms with Crippen molar-refractivity contribution < 1.29 is 9.53 Å². The van der Waals surface area contributed by atoms with E-state index in [1.54, 1.807) is 5.38 Å². The lowest BCUT2D eigenvalue weighted by atomic mass is 10.1. The Kier molecular flexibility index (Phi) is 7.17. The molecule has 2 aromatic rings. The number of aromatic nitrogens is 1. The van der Waals surface area contributed by atoms with Crippen LogP contribution in [0.2, 0.25) is 0 Å². The van der Waals surface area contributed by atoms with Crippen molar-refractivity contribution in [1.82, 2.24) is 9.88 Å². The first kappa shape index (κ1) is 18.9. The second kappa shape index (κ2) is 9.13. The van der Waals surface area contributed by atoms with Crippen molar-refractivity contribution in [2.75, 3.05) is 13.2 Å². The van der Waals surface area contributed by atoms with Crippen LogP contribution in [-0.4, -0.2) is 35.0 Å². The summed E-state index contributed by atoms with van der Waals surface area (Å²) < 4.78 is 5.70. The molecule has 1 atom stereocenters. The van der Waals surface area contributed by atoms with Gasteiger partial charge in [0.05, 0.1) is 6.10 Å². The molecule has 3 rings (SSSR count). The summed E-state index contributed by atoms with van der Waals surface area (Å²) in [7, 11) is 0. The van der Waals surface area contributed by atoms with Crippen LogP contribution in [0.3, 0.4) is 0 Å². The zero-order valence-electron chi connectivity index (χ0n) is 13.4. The van der Waals surface area contributed by atoms with Gasteiger partial charge in [-0.05, 0) is 18.4 Å². The number of hydrogen-bond acceptors (Lipinski definition) is 5. The summed E-state index contributed by atoms with van der Waals surface area (Å²) in [6.45, 7) is 2.31. The third-order valence-electron chi connectivity index (χ3n) is 3.90. The first-order valence-corrected chi connectivity index (χ1v) is 8.73. The van der Waals surface area contributed by atoms with Gasteiger partial charge < -0.3 is 15.4 Å². The van der Waals surface area contributed by atoms with E-state index < -0.39 is 0 Å². The van der Waals surface area contributed by atoms with Crippen molar-refractivity contribution in [2.24, 2.45) is 5.73 Å². The Bertz CT molecular complexity index is 644. The Labute approximate surface area is 152 Å². The van der Waals surface area contributed by atoms with Crippen LogP contribution >= 0.6 is 23.7 Å². The summed E-state index contributed by atoms with van der Waals surface area (Å²) in [5, 5.41) is 2.57. The van der Waals surface area contributed by atoms with Gasteiger partial charge in [-0.1, -0.05) is 30.3 Å². The Morgan fingerprint density at radius 2 is 2.17 bits per heavy atom. The Morgan fingerprint density at radius 3 is 2.79 bits per heavy atom. The normalized spacial score (nSPS) is 16.6. The molecule has 1 saturated heterocycles. The van der Waals surface area contributed by atoms with Gasteiger partial charge in [-0.25, -0.2) is 4.98 Å². The van der Waals surface area contributed by atoms with Gasteiger partial charge in [0.15, 0.2) is 0 Å². The molecule has 1 aliphatic rings. The Morgan fingerprint density at radius 1 is 1.38 bits per heavy atom. The predicted octanol–water partition coefficient (Wildman–Crippen LogP) is 2.85. The molecule has 0 saturated carbocycles. The quantitative estimate of drug-likeness (QED) is 0.852. The first-order valence-electron chi connectivity index (χ1n) is 7.85. The number of hydrogen-bond donors (Lipinski definition) is 1. The molecular weight excluding hydrogens is 346 g/mol. The summed E-state index contributed by atoms with van der Waals surface area (Å²) in [6, 6.07) is 10.0. The van der Waals surface area contributed by atoms with Crippen molar-refractivity contribution >= 4 is 29.7 Å². The van der Waals surface area contributed by atoms with E-state index in [2.05, 4.69) is 4.98 Å². The fourth-order valence-corrected chi connectivity index (χ4v) is 3.37. The molecule has 7 heteroatoms. The van der Waals surface area contributed by atoms with Crippen LogP contribution in [0.1, 0.15) is 33.9 Å². The summed E-state index contributed by atoms with van der Waals surface area (Å²) in [6.07, 6.45) is 2.19. The number of amides is 1. The number of carbonyl (C=O) groups is 1. The summed E-state index contributed by atoms with van der Waals surface area (Å²) in [4.78, 5) is 19.0. The van der Waals surface area contributed by atoms with Gasteiger partial charge in [-0.2, -0.15) is 0 Å². The van der Waals surface area contributed by atoms with Crippen LogP contribution in [0.5, 0.6) is 0 Å². The monoisotopic (exact) mass is 367 g/mol. The Hall–Kier alpha value is -1.47. The van der Waals surface area contributed by atoms with Crippen molar-refractivity contribution in [3.8, 4) is 0 Å². The van der Waals surface area contributed by atoms with E-state index in [-0.39, 0.29) is 24.4 Å². The van der Waals surface area contributed by atoms with Gasteiger partial charge >= 0.3 is 0 Å². The third-order valence-corrected chi connectivity index (χ3v) is 4.77. The molecule has 0 aliphatic carbocycles.